The molecule has 1 aromatic carbocycles. The predicted octanol–water partition coefficient (Wildman–Crippen LogP) is 5.15. The average molecular weight is 342 g/mol. The van der Waals surface area contributed by atoms with Crippen molar-refractivity contribution in [2.45, 2.75) is 70.8 Å². The summed E-state index contributed by atoms with van der Waals surface area (Å²) >= 11 is 0. The van der Waals surface area contributed by atoms with Crippen LogP contribution in [-0.2, 0) is 0 Å². The van der Waals surface area contributed by atoms with Gasteiger partial charge in [0, 0.05) is 12.0 Å². The first kappa shape index (κ1) is 19.4. The molecule has 4 heteroatoms. The Bertz CT molecular complexity index is 622. The van der Waals surface area contributed by atoms with Gasteiger partial charge < -0.3 is 5.11 Å². The van der Waals surface area contributed by atoms with E-state index in [-0.39, 0.29) is 11.9 Å². The van der Waals surface area contributed by atoms with E-state index in [9.17, 15) is 9.90 Å². The molecule has 0 spiro atoms. The van der Waals surface area contributed by atoms with E-state index in [1.807, 2.05) is 30.3 Å². The molecule has 0 aliphatic rings. The van der Waals surface area contributed by atoms with Gasteiger partial charge in [0.25, 0.3) is 0 Å². The van der Waals surface area contributed by atoms with Crippen LogP contribution < -0.4 is 0 Å². The molecule has 25 heavy (non-hydrogen) atoms. The molecular formula is C21H30N2O2. The lowest BCUT2D eigenvalue weighted by Crippen LogP contribution is -2.08. The topological polar surface area (TPSA) is 66.0 Å². The first-order chi connectivity index (χ1) is 12.2. The molecule has 1 atom stereocenters. The smallest absolute Gasteiger partial charge is 0.166 e. The van der Waals surface area contributed by atoms with Gasteiger partial charge in [0.2, 0.25) is 0 Å². The van der Waals surface area contributed by atoms with Crippen LogP contribution in [0.1, 0.15) is 75.1 Å². The van der Waals surface area contributed by atoms with E-state index in [4.69, 9.17) is 0 Å². The van der Waals surface area contributed by atoms with Crippen molar-refractivity contribution >= 4 is 5.78 Å². The van der Waals surface area contributed by atoms with Gasteiger partial charge in [-0.3, -0.25) is 9.89 Å². The number of aliphatic hydroxyl groups is 1. The van der Waals surface area contributed by atoms with E-state index in [2.05, 4.69) is 17.1 Å². The van der Waals surface area contributed by atoms with Crippen molar-refractivity contribution in [1.82, 2.24) is 10.2 Å². The second-order valence-electron chi connectivity index (χ2n) is 6.70. The number of nitrogens with zero attached hydrogens (tertiary/aromatic N) is 1. The van der Waals surface area contributed by atoms with Gasteiger partial charge in [-0.1, -0.05) is 69.4 Å². The third kappa shape index (κ3) is 6.46. The van der Waals surface area contributed by atoms with Crippen molar-refractivity contribution < 1.29 is 9.90 Å². The lowest BCUT2D eigenvalue weighted by atomic mass is 9.99. The number of hydrogen-bond acceptors (Lipinski definition) is 3. The summed E-state index contributed by atoms with van der Waals surface area (Å²) in [6, 6.07) is 9.77. The van der Waals surface area contributed by atoms with Crippen LogP contribution in [0.4, 0.5) is 0 Å². The molecule has 2 rings (SSSR count). The molecule has 0 saturated carbocycles. The third-order valence-electron chi connectivity index (χ3n) is 4.58. The fourth-order valence-corrected chi connectivity index (χ4v) is 3.08. The van der Waals surface area contributed by atoms with E-state index in [1.54, 1.807) is 6.20 Å². The number of aliphatic hydroxyl groups excluding tert-OH is 1. The average Bonchev–Trinajstić information content (AvgIpc) is 3.12. The Balaban J connectivity index is 1.73. The van der Waals surface area contributed by atoms with Crippen LogP contribution in [0.2, 0.25) is 0 Å². The molecule has 0 amide bonds. The summed E-state index contributed by atoms with van der Waals surface area (Å²) in [5.41, 5.74) is 2.39. The first-order valence-electron chi connectivity index (χ1n) is 9.52. The highest BCUT2D eigenvalue weighted by Gasteiger charge is 2.15. The number of Topliss-reactive ketones (excluding diaryl/α,β-unsaturated/α-hetero) is 1. The zero-order valence-corrected chi connectivity index (χ0v) is 15.2. The van der Waals surface area contributed by atoms with E-state index in [0.717, 1.165) is 24.1 Å². The summed E-state index contributed by atoms with van der Waals surface area (Å²) in [6.07, 6.45) is 10.1. The first-order valence-corrected chi connectivity index (χ1v) is 9.52. The molecule has 2 N–H and O–H groups in total. The summed E-state index contributed by atoms with van der Waals surface area (Å²) < 4.78 is 0. The lowest BCUT2D eigenvalue weighted by Gasteiger charge is -2.10. The van der Waals surface area contributed by atoms with Gasteiger partial charge in [0.15, 0.2) is 5.78 Å². The van der Waals surface area contributed by atoms with Crippen LogP contribution in [0.15, 0.2) is 36.5 Å². The van der Waals surface area contributed by atoms with Gasteiger partial charge in [-0.15, -0.1) is 0 Å². The van der Waals surface area contributed by atoms with Crippen LogP contribution >= 0.6 is 0 Å². The number of ketones is 1. The van der Waals surface area contributed by atoms with Gasteiger partial charge in [0.05, 0.1) is 23.6 Å². The number of nitrogens with one attached hydrogen (secondary N) is 1. The summed E-state index contributed by atoms with van der Waals surface area (Å²) in [5, 5.41) is 17.0. The quantitative estimate of drug-likeness (QED) is 0.414. The lowest BCUT2D eigenvalue weighted by molar-refractivity contribution is 0.0967. The largest absolute Gasteiger partial charge is 0.393 e. The number of H-pyrrole nitrogens is 1. The Hall–Kier alpha value is -1.94. The molecule has 2 aromatic rings. The number of unbranched alkanes of at least 4 members (excludes halogenated alkanes) is 4. The molecule has 0 aliphatic heterocycles. The molecule has 0 fully saturated rings. The third-order valence-corrected chi connectivity index (χ3v) is 4.58. The molecule has 1 heterocycles. The van der Waals surface area contributed by atoms with E-state index >= 15 is 0 Å². The van der Waals surface area contributed by atoms with Gasteiger partial charge in [-0.2, -0.15) is 5.10 Å². The maximum absolute atomic E-state index is 12.5. The Morgan fingerprint density at radius 2 is 1.80 bits per heavy atom. The van der Waals surface area contributed by atoms with Gasteiger partial charge in [-0.25, -0.2) is 0 Å². The monoisotopic (exact) mass is 342 g/mol. The summed E-state index contributed by atoms with van der Waals surface area (Å²) in [7, 11) is 0. The van der Waals surface area contributed by atoms with Crippen molar-refractivity contribution in [3.8, 4) is 11.3 Å². The maximum Gasteiger partial charge on any atom is 0.166 e. The van der Waals surface area contributed by atoms with Crippen molar-refractivity contribution in [3.63, 3.8) is 0 Å². The van der Waals surface area contributed by atoms with Gasteiger partial charge >= 0.3 is 0 Å². The summed E-state index contributed by atoms with van der Waals surface area (Å²) in [4.78, 5) is 12.5. The molecule has 1 unspecified atom stereocenters. The standard InChI is InChI=1S/C21H30N2O2/c1-2-3-4-5-9-13-18(24)14-10-15-20(25)19-16-22-23-21(19)17-11-7-6-8-12-17/h6-8,11-12,16,18,24H,2-5,9-10,13-15H2,1H3,(H,22,23). The fourth-order valence-electron chi connectivity index (χ4n) is 3.08. The highest BCUT2D eigenvalue weighted by Crippen LogP contribution is 2.22. The Kier molecular flexibility index (Phi) is 8.40. The van der Waals surface area contributed by atoms with Crippen molar-refractivity contribution in [1.29, 1.82) is 0 Å². The Morgan fingerprint density at radius 1 is 1.08 bits per heavy atom. The molecule has 4 nitrogen and oxygen atoms in total. The number of aromatic nitrogens is 2. The molecule has 136 valence electrons. The SMILES string of the molecule is CCCCCCCC(O)CCCC(=O)c1cn[nH]c1-c1ccccc1. The molecule has 0 saturated heterocycles. The van der Waals surface area contributed by atoms with Crippen LogP contribution in [0.5, 0.6) is 0 Å². The van der Waals surface area contributed by atoms with Crippen molar-refractivity contribution in [2.24, 2.45) is 0 Å². The number of benzene rings is 1. The van der Waals surface area contributed by atoms with Gasteiger partial charge in [-0.05, 0) is 19.3 Å². The second kappa shape index (κ2) is 10.8. The molecule has 0 radical (unpaired) electrons. The summed E-state index contributed by atoms with van der Waals surface area (Å²) in [6.45, 7) is 2.20. The van der Waals surface area contributed by atoms with Gasteiger partial charge in [0.1, 0.15) is 0 Å². The zero-order chi connectivity index (χ0) is 17.9. The van der Waals surface area contributed by atoms with E-state index in [1.165, 1.54) is 25.7 Å². The summed E-state index contributed by atoms with van der Waals surface area (Å²) in [5.74, 6) is 0.0859. The van der Waals surface area contributed by atoms with Crippen LogP contribution in [-0.4, -0.2) is 27.2 Å². The highest BCUT2D eigenvalue weighted by atomic mass is 16.3. The second-order valence-corrected chi connectivity index (χ2v) is 6.70. The van der Waals surface area contributed by atoms with Crippen LogP contribution in [0, 0.1) is 0 Å². The normalized spacial score (nSPS) is 12.2. The maximum atomic E-state index is 12.5. The minimum absolute atomic E-state index is 0.0859. The number of aromatic amines is 1. The fraction of sp³-hybridized carbons (Fsp3) is 0.524. The predicted molar refractivity (Wildman–Crippen MR) is 102 cm³/mol. The molecule has 0 bridgehead atoms. The number of carbonyl (C=O) groups excluding carboxylic acids is 1. The highest BCUT2D eigenvalue weighted by molar-refractivity contribution is 6.01. The van der Waals surface area contributed by atoms with E-state index < -0.39 is 0 Å². The Labute approximate surface area is 150 Å². The van der Waals surface area contributed by atoms with Crippen LogP contribution in [0.3, 0.4) is 0 Å². The van der Waals surface area contributed by atoms with Crippen molar-refractivity contribution in [2.75, 3.05) is 0 Å². The molecule has 1 aromatic heterocycles. The van der Waals surface area contributed by atoms with E-state index in [0.29, 0.717) is 24.8 Å². The zero-order valence-electron chi connectivity index (χ0n) is 15.2. The number of rotatable bonds is 12. The minimum atomic E-state index is -0.285. The van der Waals surface area contributed by atoms with Crippen molar-refractivity contribution in [3.05, 3.63) is 42.1 Å². The van der Waals surface area contributed by atoms with Crippen LogP contribution in [0.25, 0.3) is 11.3 Å². The number of hydrogen-bond donors (Lipinski definition) is 2. The molecular weight excluding hydrogens is 312 g/mol. The molecule has 0 aliphatic carbocycles. The number of carbonyl (C=O) groups is 1. The Morgan fingerprint density at radius 3 is 2.56 bits per heavy atom. The minimum Gasteiger partial charge on any atom is -0.393 e.